The van der Waals surface area contributed by atoms with Gasteiger partial charge in [0.25, 0.3) is 0 Å². The minimum absolute atomic E-state index is 0.300. The van der Waals surface area contributed by atoms with Crippen LogP contribution in [-0.2, 0) is 13.0 Å². The number of hydrogen-bond acceptors (Lipinski definition) is 7. The lowest BCUT2D eigenvalue weighted by Crippen LogP contribution is -2.01. The molecule has 0 atom stereocenters. The number of aryl methyl sites for hydroxylation is 1. The maximum absolute atomic E-state index is 5.98. The van der Waals surface area contributed by atoms with E-state index in [1.165, 1.54) is 0 Å². The SMILES string of the molecule is CCc1n[nH]c(=S)n1/N=C\c1ccc(OCc2cc(OC)ccc2OC)c(OC)c1. The molecule has 0 fully saturated rings. The summed E-state index contributed by atoms with van der Waals surface area (Å²) >= 11 is 5.21. The fraction of sp³-hybridized carbons (Fsp3) is 0.286. The average molecular weight is 429 g/mol. The van der Waals surface area contributed by atoms with Crippen molar-refractivity contribution >= 4 is 18.4 Å². The molecule has 0 spiro atoms. The third kappa shape index (κ3) is 4.80. The summed E-state index contributed by atoms with van der Waals surface area (Å²) in [7, 11) is 4.84. The fourth-order valence-corrected chi connectivity index (χ4v) is 3.03. The molecule has 0 aliphatic heterocycles. The number of ether oxygens (including phenoxy) is 4. The van der Waals surface area contributed by atoms with Crippen molar-refractivity contribution in [3.8, 4) is 23.0 Å². The van der Waals surface area contributed by atoms with Crippen LogP contribution in [-0.4, -0.2) is 42.4 Å². The average Bonchev–Trinajstić information content (AvgIpc) is 3.15. The normalized spacial score (nSPS) is 10.9. The smallest absolute Gasteiger partial charge is 0.216 e. The lowest BCUT2D eigenvalue weighted by atomic mass is 10.2. The topological polar surface area (TPSA) is 82.9 Å². The maximum Gasteiger partial charge on any atom is 0.216 e. The summed E-state index contributed by atoms with van der Waals surface area (Å²) in [6, 6.07) is 11.1. The summed E-state index contributed by atoms with van der Waals surface area (Å²) in [5.41, 5.74) is 1.70. The predicted octanol–water partition coefficient (Wildman–Crippen LogP) is 3.99. The molecule has 0 aliphatic rings. The van der Waals surface area contributed by atoms with E-state index in [2.05, 4.69) is 15.3 Å². The number of nitrogens with one attached hydrogen (secondary N) is 1. The molecule has 0 radical (unpaired) electrons. The van der Waals surface area contributed by atoms with E-state index in [-0.39, 0.29) is 0 Å². The number of nitrogens with zero attached hydrogens (tertiary/aromatic N) is 3. The number of aromatic amines is 1. The van der Waals surface area contributed by atoms with E-state index < -0.39 is 0 Å². The minimum Gasteiger partial charge on any atom is -0.497 e. The summed E-state index contributed by atoms with van der Waals surface area (Å²) < 4.78 is 24.2. The van der Waals surface area contributed by atoms with Crippen LogP contribution in [0.25, 0.3) is 0 Å². The van der Waals surface area contributed by atoms with Crippen molar-refractivity contribution in [3.05, 3.63) is 58.1 Å². The maximum atomic E-state index is 5.98. The third-order valence-corrected chi connectivity index (χ3v) is 4.68. The van der Waals surface area contributed by atoms with E-state index >= 15 is 0 Å². The van der Waals surface area contributed by atoms with Crippen molar-refractivity contribution in [1.29, 1.82) is 0 Å². The highest BCUT2D eigenvalue weighted by Gasteiger charge is 2.10. The lowest BCUT2D eigenvalue weighted by Gasteiger charge is -2.14. The molecule has 3 rings (SSSR count). The first-order chi connectivity index (χ1) is 14.6. The van der Waals surface area contributed by atoms with Crippen LogP contribution in [0.2, 0.25) is 0 Å². The summed E-state index contributed by atoms with van der Waals surface area (Å²) in [5.74, 6) is 3.41. The number of benzene rings is 2. The monoisotopic (exact) mass is 428 g/mol. The fourth-order valence-electron chi connectivity index (χ4n) is 2.83. The molecule has 0 aliphatic carbocycles. The first-order valence-corrected chi connectivity index (χ1v) is 9.72. The van der Waals surface area contributed by atoms with Crippen molar-refractivity contribution in [3.63, 3.8) is 0 Å². The second-order valence-corrected chi connectivity index (χ2v) is 6.62. The molecule has 1 N–H and O–H groups in total. The van der Waals surface area contributed by atoms with Crippen LogP contribution < -0.4 is 18.9 Å². The zero-order valence-corrected chi connectivity index (χ0v) is 18.2. The molecule has 2 aromatic carbocycles. The van der Waals surface area contributed by atoms with Crippen molar-refractivity contribution in [1.82, 2.24) is 14.9 Å². The van der Waals surface area contributed by atoms with Gasteiger partial charge in [0.05, 0.1) is 27.5 Å². The van der Waals surface area contributed by atoms with Gasteiger partial charge in [0, 0.05) is 12.0 Å². The third-order valence-electron chi connectivity index (χ3n) is 4.41. The molecule has 1 aromatic heterocycles. The predicted molar refractivity (Wildman–Crippen MR) is 117 cm³/mol. The van der Waals surface area contributed by atoms with Gasteiger partial charge in [0.15, 0.2) is 17.3 Å². The van der Waals surface area contributed by atoms with Crippen LogP contribution in [0, 0.1) is 4.77 Å². The first-order valence-electron chi connectivity index (χ1n) is 9.32. The molecule has 0 saturated carbocycles. The highest BCUT2D eigenvalue weighted by atomic mass is 32.1. The van der Waals surface area contributed by atoms with Crippen LogP contribution in [0.4, 0.5) is 0 Å². The molecule has 9 heteroatoms. The van der Waals surface area contributed by atoms with Crippen molar-refractivity contribution in [2.75, 3.05) is 21.3 Å². The summed E-state index contributed by atoms with van der Waals surface area (Å²) in [4.78, 5) is 0. The Hall–Kier alpha value is -3.33. The molecule has 0 amide bonds. The molecule has 0 bridgehead atoms. The molecule has 30 heavy (non-hydrogen) atoms. The number of H-pyrrole nitrogens is 1. The Morgan fingerprint density at radius 3 is 2.50 bits per heavy atom. The molecule has 1 heterocycles. The Balaban J connectivity index is 1.79. The number of aromatic nitrogens is 3. The van der Waals surface area contributed by atoms with Crippen LogP contribution in [0.5, 0.6) is 23.0 Å². The van der Waals surface area contributed by atoms with Gasteiger partial charge in [-0.3, -0.25) is 5.10 Å². The van der Waals surface area contributed by atoms with Gasteiger partial charge in [-0.05, 0) is 54.2 Å². The van der Waals surface area contributed by atoms with Gasteiger partial charge in [0.2, 0.25) is 4.77 Å². The quantitative estimate of drug-likeness (QED) is 0.410. The van der Waals surface area contributed by atoms with Gasteiger partial charge in [0.1, 0.15) is 18.1 Å². The van der Waals surface area contributed by atoms with Crippen LogP contribution in [0.3, 0.4) is 0 Å². The van der Waals surface area contributed by atoms with E-state index in [1.807, 2.05) is 43.3 Å². The van der Waals surface area contributed by atoms with Gasteiger partial charge in [-0.1, -0.05) is 6.92 Å². The zero-order chi connectivity index (χ0) is 21.5. The summed E-state index contributed by atoms with van der Waals surface area (Å²) in [5, 5.41) is 11.3. The molecule has 0 unspecified atom stereocenters. The molecule has 8 nitrogen and oxygen atoms in total. The van der Waals surface area contributed by atoms with Crippen LogP contribution in [0.15, 0.2) is 41.5 Å². The van der Waals surface area contributed by atoms with Crippen LogP contribution in [0.1, 0.15) is 23.9 Å². The van der Waals surface area contributed by atoms with E-state index in [4.69, 9.17) is 31.2 Å². The Kier molecular flexibility index (Phi) is 7.08. The highest BCUT2D eigenvalue weighted by Crippen LogP contribution is 2.30. The second kappa shape index (κ2) is 9.93. The molecular formula is C21H24N4O4S. The Bertz CT molecular complexity index is 1090. The largest absolute Gasteiger partial charge is 0.497 e. The Morgan fingerprint density at radius 2 is 1.80 bits per heavy atom. The van der Waals surface area contributed by atoms with Crippen molar-refractivity contribution < 1.29 is 18.9 Å². The van der Waals surface area contributed by atoms with Crippen molar-refractivity contribution in [2.45, 2.75) is 20.0 Å². The number of hydrogen-bond donors (Lipinski definition) is 1. The Morgan fingerprint density at radius 1 is 1.03 bits per heavy atom. The lowest BCUT2D eigenvalue weighted by molar-refractivity contribution is 0.277. The van der Waals surface area contributed by atoms with Gasteiger partial charge in [-0.2, -0.15) is 14.9 Å². The molecule has 3 aromatic rings. The highest BCUT2D eigenvalue weighted by molar-refractivity contribution is 7.71. The van der Waals surface area contributed by atoms with E-state index in [1.54, 1.807) is 32.2 Å². The van der Waals surface area contributed by atoms with Gasteiger partial charge in [-0.25, -0.2) is 0 Å². The minimum atomic E-state index is 0.300. The van der Waals surface area contributed by atoms with Gasteiger partial charge >= 0.3 is 0 Å². The van der Waals surface area contributed by atoms with Crippen molar-refractivity contribution in [2.24, 2.45) is 5.10 Å². The first kappa shape index (κ1) is 21.4. The summed E-state index contributed by atoms with van der Waals surface area (Å²) in [6.45, 7) is 2.29. The standard InChI is InChI=1S/C21H24N4O4S/c1-5-20-23-24-21(30)25(20)22-12-14-6-8-18(19(10-14)28-4)29-13-15-11-16(26-2)7-9-17(15)27-3/h6-12H,5,13H2,1-4H3,(H,24,30)/b22-12-. The number of rotatable bonds is 9. The van der Waals surface area contributed by atoms with E-state index in [9.17, 15) is 0 Å². The van der Waals surface area contributed by atoms with E-state index in [0.717, 1.165) is 28.5 Å². The van der Waals surface area contributed by atoms with Crippen LogP contribution >= 0.6 is 12.2 Å². The van der Waals surface area contributed by atoms with Gasteiger partial charge < -0.3 is 18.9 Å². The molecule has 158 valence electrons. The number of methoxy groups -OCH3 is 3. The van der Waals surface area contributed by atoms with E-state index in [0.29, 0.717) is 29.3 Å². The Labute approximate surface area is 180 Å². The molecular weight excluding hydrogens is 404 g/mol. The van der Waals surface area contributed by atoms with Gasteiger partial charge in [-0.15, -0.1) is 0 Å². The zero-order valence-electron chi connectivity index (χ0n) is 17.3. The second-order valence-electron chi connectivity index (χ2n) is 6.23. The summed E-state index contributed by atoms with van der Waals surface area (Å²) in [6.07, 6.45) is 2.41. The molecule has 0 saturated heterocycles.